The molecular weight excluding hydrogens is 324 g/mol. The maximum absolute atomic E-state index is 13.3. The van der Waals surface area contributed by atoms with E-state index in [0.29, 0.717) is 17.5 Å². The Balaban J connectivity index is 1.95. The van der Waals surface area contributed by atoms with Gasteiger partial charge in [0.05, 0.1) is 5.56 Å². The van der Waals surface area contributed by atoms with Crippen molar-refractivity contribution in [3.63, 3.8) is 0 Å². The molecule has 0 aliphatic carbocycles. The van der Waals surface area contributed by atoms with Crippen molar-refractivity contribution in [1.29, 1.82) is 0 Å². The molecule has 0 fully saturated rings. The first-order valence-electron chi connectivity index (χ1n) is 6.88. The molecule has 0 atom stereocenters. The zero-order valence-electron chi connectivity index (χ0n) is 12.1. The Morgan fingerprint density at radius 3 is 2.54 bits per heavy atom. The zero-order chi connectivity index (χ0) is 17.3. The van der Waals surface area contributed by atoms with Crippen LogP contribution in [-0.2, 0) is 6.18 Å². The molecule has 3 aromatic rings. The van der Waals surface area contributed by atoms with E-state index < -0.39 is 23.5 Å². The molecule has 0 saturated heterocycles. The van der Waals surface area contributed by atoms with E-state index >= 15 is 0 Å². The SMILES string of the molecule is O=C(Nc1ccc(F)c(C(F)(F)F)c1)c1nccc2ccccc12. The number of hydrogen-bond donors (Lipinski definition) is 1. The van der Waals surface area contributed by atoms with E-state index in [1.807, 2.05) is 0 Å². The van der Waals surface area contributed by atoms with E-state index in [1.54, 1.807) is 30.3 Å². The van der Waals surface area contributed by atoms with Gasteiger partial charge in [-0.05, 0) is 29.7 Å². The summed E-state index contributed by atoms with van der Waals surface area (Å²) in [7, 11) is 0. The number of hydrogen-bond acceptors (Lipinski definition) is 2. The molecule has 1 amide bonds. The molecular formula is C17H10F4N2O. The molecule has 1 N–H and O–H groups in total. The number of nitrogens with zero attached hydrogens (tertiary/aromatic N) is 1. The van der Waals surface area contributed by atoms with Gasteiger partial charge in [-0.25, -0.2) is 4.39 Å². The number of carbonyl (C=O) groups excluding carboxylic acids is 1. The Bertz CT molecular complexity index is 917. The van der Waals surface area contributed by atoms with E-state index in [2.05, 4.69) is 10.3 Å². The topological polar surface area (TPSA) is 42.0 Å². The van der Waals surface area contributed by atoms with Gasteiger partial charge in [-0.15, -0.1) is 0 Å². The third-order valence-corrected chi connectivity index (χ3v) is 3.42. The van der Waals surface area contributed by atoms with Gasteiger partial charge < -0.3 is 5.32 Å². The summed E-state index contributed by atoms with van der Waals surface area (Å²) in [6, 6.07) is 11.0. The van der Waals surface area contributed by atoms with Crippen LogP contribution in [0, 0.1) is 5.82 Å². The third-order valence-electron chi connectivity index (χ3n) is 3.42. The zero-order valence-corrected chi connectivity index (χ0v) is 12.1. The van der Waals surface area contributed by atoms with Gasteiger partial charge in [-0.1, -0.05) is 24.3 Å². The Morgan fingerprint density at radius 1 is 1.04 bits per heavy atom. The van der Waals surface area contributed by atoms with E-state index in [-0.39, 0.29) is 11.4 Å². The van der Waals surface area contributed by atoms with Crippen LogP contribution in [0.4, 0.5) is 23.2 Å². The highest BCUT2D eigenvalue weighted by Crippen LogP contribution is 2.33. The van der Waals surface area contributed by atoms with Crippen LogP contribution < -0.4 is 5.32 Å². The quantitative estimate of drug-likeness (QED) is 0.694. The van der Waals surface area contributed by atoms with Gasteiger partial charge in [0.1, 0.15) is 11.5 Å². The largest absolute Gasteiger partial charge is 0.419 e. The molecule has 0 radical (unpaired) electrons. The summed E-state index contributed by atoms with van der Waals surface area (Å²) >= 11 is 0. The second kappa shape index (κ2) is 5.92. The van der Waals surface area contributed by atoms with Crippen molar-refractivity contribution in [2.75, 3.05) is 5.32 Å². The van der Waals surface area contributed by atoms with Crippen LogP contribution in [0.2, 0.25) is 0 Å². The maximum Gasteiger partial charge on any atom is 0.419 e. The first-order valence-corrected chi connectivity index (χ1v) is 6.88. The standard InChI is InChI=1S/C17H10F4N2O/c18-14-6-5-11(9-13(14)17(19,20)21)23-16(24)15-12-4-2-1-3-10(12)7-8-22-15/h1-9H,(H,23,24). The lowest BCUT2D eigenvalue weighted by Gasteiger charge is -2.11. The smallest absolute Gasteiger partial charge is 0.321 e. The van der Waals surface area contributed by atoms with E-state index in [9.17, 15) is 22.4 Å². The molecule has 24 heavy (non-hydrogen) atoms. The highest BCUT2D eigenvalue weighted by atomic mass is 19.4. The van der Waals surface area contributed by atoms with Crippen LogP contribution in [0.5, 0.6) is 0 Å². The molecule has 0 unspecified atom stereocenters. The molecule has 1 heterocycles. The number of carbonyl (C=O) groups is 1. The average molecular weight is 334 g/mol. The molecule has 2 aromatic carbocycles. The number of aromatic nitrogens is 1. The van der Waals surface area contributed by atoms with Crippen molar-refractivity contribution < 1.29 is 22.4 Å². The second-order valence-electron chi connectivity index (χ2n) is 5.03. The molecule has 3 nitrogen and oxygen atoms in total. The highest BCUT2D eigenvalue weighted by molar-refractivity contribution is 6.11. The van der Waals surface area contributed by atoms with Gasteiger partial charge in [0.2, 0.25) is 0 Å². The van der Waals surface area contributed by atoms with Gasteiger partial charge in [-0.2, -0.15) is 13.2 Å². The van der Waals surface area contributed by atoms with Crippen LogP contribution in [0.1, 0.15) is 16.1 Å². The summed E-state index contributed by atoms with van der Waals surface area (Å²) in [6.07, 6.45) is -3.41. The molecule has 1 aromatic heterocycles. The fourth-order valence-electron chi connectivity index (χ4n) is 2.31. The second-order valence-corrected chi connectivity index (χ2v) is 5.03. The van der Waals surface area contributed by atoms with Crippen LogP contribution >= 0.6 is 0 Å². The van der Waals surface area contributed by atoms with Crippen LogP contribution in [0.25, 0.3) is 10.8 Å². The van der Waals surface area contributed by atoms with Gasteiger partial charge in [0.25, 0.3) is 5.91 Å². The van der Waals surface area contributed by atoms with Gasteiger partial charge in [0, 0.05) is 17.3 Å². The number of halogens is 4. The predicted octanol–water partition coefficient (Wildman–Crippen LogP) is 4.65. The van der Waals surface area contributed by atoms with Crippen molar-refractivity contribution in [2.24, 2.45) is 0 Å². The molecule has 0 spiro atoms. The fourth-order valence-corrected chi connectivity index (χ4v) is 2.31. The molecule has 7 heteroatoms. The Morgan fingerprint density at radius 2 is 1.79 bits per heavy atom. The summed E-state index contributed by atoms with van der Waals surface area (Å²) in [6.45, 7) is 0. The normalized spacial score (nSPS) is 11.5. The number of pyridine rings is 1. The summed E-state index contributed by atoms with van der Waals surface area (Å²) < 4.78 is 51.5. The minimum absolute atomic E-state index is 0.0750. The number of alkyl halides is 3. The third kappa shape index (κ3) is 3.05. The summed E-state index contributed by atoms with van der Waals surface area (Å²) in [5.74, 6) is -2.07. The van der Waals surface area contributed by atoms with Crippen LogP contribution in [0.3, 0.4) is 0 Å². The Hall–Kier alpha value is -2.96. The molecule has 3 rings (SSSR count). The monoisotopic (exact) mass is 334 g/mol. The molecule has 0 bridgehead atoms. The molecule has 0 aliphatic heterocycles. The van der Waals surface area contributed by atoms with Crippen molar-refractivity contribution in [1.82, 2.24) is 4.98 Å². The van der Waals surface area contributed by atoms with Crippen molar-refractivity contribution >= 4 is 22.4 Å². The molecule has 0 aliphatic rings. The number of nitrogens with one attached hydrogen (secondary N) is 1. The Labute approximate surface area is 133 Å². The van der Waals surface area contributed by atoms with E-state index in [0.717, 1.165) is 11.5 Å². The summed E-state index contributed by atoms with van der Waals surface area (Å²) in [5, 5.41) is 3.66. The van der Waals surface area contributed by atoms with Crippen LogP contribution in [0.15, 0.2) is 54.7 Å². The number of amides is 1. The number of anilines is 1. The number of fused-ring (bicyclic) bond motifs is 1. The van der Waals surface area contributed by atoms with Gasteiger partial charge in [-0.3, -0.25) is 9.78 Å². The molecule has 122 valence electrons. The minimum atomic E-state index is -4.84. The number of benzene rings is 2. The number of rotatable bonds is 2. The van der Waals surface area contributed by atoms with E-state index in [1.165, 1.54) is 6.20 Å². The van der Waals surface area contributed by atoms with Crippen molar-refractivity contribution in [3.8, 4) is 0 Å². The van der Waals surface area contributed by atoms with Crippen LogP contribution in [-0.4, -0.2) is 10.9 Å². The van der Waals surface area contributed by atoms with Crippen molar-refractivity contribution in [2.45, 2.75) is 6.18 Å². The van der Waals surface area contributed by atoms with E-state index in [4.69, 9.17) is 0 Å². The maximum atomic E-state index is 13.3. The summed E-state index contributed by atoms with van der Waals surface area (Å²) in [4.78, 5) is 16.3. The minimum Gasteiger partial charge on any atom is -0.321 e. The first kappa shape index (κ1) is 15.9. The lowest BCUT2D eigenvalue weighted by atomic mass is 10.1. The molecule has 0 saturated carbocycles. The fraction of sp³-hybridized carbons (Fsp3) is 0.0588. The average Bonchev–Trinajstić information content (AvgIpc) is 2.55. The Kier molecular flexibility index (Phi) is 3.92. The van der Waals surface area contributed by atoms with Gasteiger partial charge in [0.15, 0.2) is 0 Å². The first-order chi connectivity index (χ1) is 11.4. The lowest BCUT2D eigenvalue weighted by Crippen LogP contribution is -2.15. The highest BCUT2D eigenvalue weighted by Gasteiger charge is 2.34. The summed E-state index contributed by atoms with van der Waals surface area (Å²) in [5.41, 5.74) is -1.53. The lowest BCUT2D eigenvalue weighted by molar-refractivity contribution is -0.139. The predicted molar refractivity (Wildman–Crippen MR) is 81.1 cm³/mol. The van der Waals surface area contributed by atoms with Gasteiger partial charge >= 0.3 is 6.18 Å². The van der Waals surface area contributed by atoms with Crippen molar-refractivity contribution in [3.05, 3.63) is 71.8 Å².